The normalized spacial score (nSPS) is 20.6. The van der Waals surface area contributed by atoms with Gasteiger partial charge in [0, 0.05) is 30.9 Å². The molecule has 5 nitrogen and oxygen atoms in total. The van der Waals surface area contributed by atoms with Crippen molar-refractivity contribution in [3.8, 4) is 0 Å². The lowest BCUT2D eigenvalue weighted by atomic mass is 10.1. The number of hydrogen-bond donors (Lipinski definition) is 2. The molecule has 2 heterocycles. The van der Waals surface area contributed by atoms with Crippen molar-refractivity contribution < 1.29 is 4.79 Å². The second-order valence-corrected chi connectivity index (χ2v) is 5.10. The Morgan fingerprint density at radius 1 is 1.55 bits per heavy atom. The first-order chi connectivity index (χ1) is 9.69. The molecule has 1 amide bonds. The van der Waals surface area contributed by atoms with Crippen LogP contribution in [0, 0.1) is 0 Å². The summed E-state index contributed by atoms with van der Waals surface area (Å²) in [4.78, 5) is 18.7. The molecule has 2 rings (SSSR count). The summed E-state index contributed by atoms with van der Waals surface area (Å²) in [5.74, 6) is 1.04. The second kappa shape index (κ2) is 6.70. The minimum absolute atomic E-state index is 0.103. The molecule has 1 aliphatic rings. The third-order valence-corrected chi connectivity index (χ3v) is 3.78. The number of piperazine rings is 1. The molecule has 0 aliphatic carbocycles. The van der Waals surface area contributed by atoms with Crippen LogP contribution in [0.1, 0.15) is 38.8 Å². The fourth-order valence-corrected chi connectivity index (χ4v) is 2.78. The third kappa shape index (κ3) is 2.93. The topological polar surface area (TPSA) is 57.3 Å². The van der Waals surface area contributed by atoms with Crippen LogP contribution in [-0.4, -0.2) is 36.6 Å². The van der Waals surface area contributed by atoms with E-state index in [0.29, 0.717) is 6.54 Å². The van der Waals surface area contributed by atoms with Crippen molar-refractivity contribution in [3.63, 3.8) is 0 Å². The molecule has 1 fully saturated rings. The Morgan fingerprint density at radius 3 is 3.05 bits per heavy atom. The number of pyridine rings is 1. The van der Waals surface area contributed by atoms with E-state index in [0.717, 1.165) is 30.9 Å². The molecular formula is C15H24N4O. The number of hydrogen-bond acceptors (Lipinski definition) is 4. The molecule has 0 spiro atoms. The lowest BCUT2D eigenvalue weighted by molar-refractivity contribution is -0.123. The molecule has 1 saturated heterocycles. The van der Waals surface area contributed by atoms with E-state index < -0.39 is 0 Å². The second-order valence-electron chi connectivity index (χ2n) is 5.10. The largest absolute Gasteiger partial charge is 0.353 e. The van der Waals surface area contributed by atoms with Gasteiger partial charge in [-0.05, 0) is 26.0 Å². The van der Waals surface area contributed by atoms with Crippen LogP contribution in [0.3, 0.4) is 0 Å². The summed E-state index contributed by atoms with van der Waals surface area (Å²) in [6, 6.07) is 4.16. The predicted molar refractivity (Wildman–Crippen MR) is 80.8 cm³/mol. The van der Waals surface area contributed by atoms with E-state index in [-0.39, 0.29) is 18.0 Å². The molecule has 0 bridgehead atoms. The van der Waals surface area contributed by atoms with Crippen molar-refractivity contribution in [2.24, 2.45) is 0 Å². The molecule has 0 radical (unpaired) electrons. The van der Waals surface area contributed by atoms with E-state index in [2.05, 4.69) is 40.4 Å². The molecule has 20 heavy (non-hydrogen) atoms. The summed E-state index contributed by atoms with van der Waals surface area (Å²) in [7, 11) is 0. The van der Waals surface area contributed by atoms with E-state index in [4.69, 9.17) is 0 Å². The maximum atomic E-state index is 12.0. The third-order valence-electron chi connectivity index (χ3n) is 3.78. The first-order valence-electron chi connectivity index (χ1n) is 7.41. The number of anilines is 1. The van der Waals surface area contributed by atoms with Gasteiger partial charge in [0.15, 0.2) is 0 Å². The monoisotopic (exact) mass is 276 g/mol. The van der Waals surface area contributed by atoms with E-state index in [1.807, 2.05) is 13.0 Å². The fraction of sp³-hybridized carbons (Fsp3) is 0.600. The SMILES string of the molecule is CCNC(C)c1cccnc1N1CCNC(=O)C1CC. The van der Waals surface area contributed by atoms with Gasteiger partial charge in [-0.25, -0.2) is 4.98 Å². The van der Waals surface area contributed by atoms with Crippen LogP contribution in [0.5, 0.6) is 0 Å². The van der Waals surface area contributed by atoms with Crippen molar-refractivity contribution in [1.29, 1.82) is 0 Å². The summed E-state index contributed by atoms with van der Waals surface area (Å²) in [6.45, 7) is 8.67. The van der Waals surface area contributed by atoms with Gasteiger partial charge in [0.25, 0.3) is 0 Å². The van der Waals surface area contributed by atoms with Crippen LogP contribution in [0.15, 0.2) is 18.3 Å². The molecule has 1 aliphatic heterocycles. The molecule has 0 saturated carbocycles. The van der Waals surface area contributed by atoms with Crippen LogP contribution in [0.2, 0.25) is 0 Å². The average molecular weight is 276 g/mol. The molecule has 5 heteroatoms. The van der Waals surface area contributed by atoms with Gasteiger partial charge in [-0.3, -0.25) is 4.79 Å². The Kier molecular flexibility index (Phi) is 4.95. The summed E-state index contributed by atoms with van der Waals surface area (Å²) < 4.78 is 0. The number of nitrogens with zero attached hydrogens (tertiary/aromatic N) is 2. The number of nitrogens with one attached hydrogen (secondary N) is 2. The summed E-state index contributed by atoms with van der Waals surface area (Å²) >= 11 is 0. The highest BCUT2D eigenvalue weighted by atomic mass is 16.2. The van der Waals surface area contributed by atoms with E-state index >= 15 is 0 Å². The standard InChI is InChI=1S/C15H24N4O/c1-4-13-15(20)18-9-10-19(13)14-12(7-6-8-17-14)11(3)16-5-2/h6-8,11,13,16H,4-5,9-10H2,1-3H3,(H,18,20). The quantitative estimate of drug-likeness (QED) is 0.855. The maximum Gasteiger partial charge on any atom is 0.242 e. The Morgan fingerprint density at radius 2 is 2.35 bits per heavy atom. The minimum atomic E-state index is -0.119. The van der Waals surface area contributed by atoms with Crippen molar-refractivity contribution in [2.75, 3.05) is 24.5 Å². The molecule has 110 valence electrons. The van der Waals surface area contributed by atoms with Crippen LogP contribution in [-0.2, 0) is 4.79 Å². The molecule has 2 N–H and O–H groups in total. The highest BCUT2D eigenvalue weighted by Gasteiger charge is 2.30. The number of amides is 1. The molecule has 1 aromatic rings. The zero-order valence-electron chi connectivity index (χ0n) is 12.5. The minimum Gasteiger partial charge on any atom is -0.353 e. The zero-order chi connectivity index (χ0) is 14.5. The van der Waals surface area contributed by atoms with Gasteiger partial charge in [0.2, 0.25) is 5.91 Å². The van der Waals surface area contributed by atoms with Gasteiger partial charge in [0.1, 0.15) is 11.9 Å². The number of aromatic nitrogens is 1. The maximum absolute atomic E-state index is 12.0. The van der Waals surface area contributed by atoms with E-state index in [1.54, 1.807) is 6.20 Å². The molecular weight excluding hydrogens is 252 g/mol. The van der Waals surface area contributed by atoms with E-state index in [1.165, 1.54) is 0 Å². The summed E-state index contributed by atoms with van der Waals surface area (Å²) in [6.07, 6.45) is 2.59. The Bertz CT molecular complexity index is 463. The number of carbonyl (C=O) groups excluding carboxylic acids is 1. The van der Waals surface area contributed by atoms with Gasteiger partial charge in [-0.2, -0.15) is 0 Å². The van der Waals surface area contributed by atoms with Crippen molar-refractivity contribution in [2.45, 2.75) is 39.3 Å². The summed E-state index contributed by atoms with van der Waals surface area (Å²) in [5.41, 5.74) is 1.16. The highest BCUT2D eigenvalue weighted by molar-refractivity contribution is 5.86. The lowest BCUT2D eigenvalue weighted by Crippen LogP contribution is -2.55. The smallest absolute Gasteiger partial charge is 0.242 e. The van der Waals surface area contributed by atoms with Gasteiger partial charge in [-0.15, -0.1) is 0 Å². The average Bonchev–Trinajstić information content (AvgIpc) is 2.47. The van der Waals surface area contributed by atoms with Gasteiger partial charge >= 0.3 is 0 Å². The first-order valence-corrected chi connectivity index (χ1v) is 7.41. The van der Waals surface area contributed by atoms with Crippen molar-refractivity contribution in [3.05, 3.63) is 23.9 Å². The fourth-order valence-electron chi connectivity index (χ4n) is 2.78. The lowest BCUT2D eigenvalue weighted by Gasteiger charge is -2.37. The van der Waals surface area contributed by atoms with Crippen LogP contribution in [0.4, 0.5) is 5.82 Å². The zero-order valence-corrected chi connectivity index (χ0v) is 12.5. The van der Waals surface area contributed by atoms with Gasteiger partial charge in [-0.1, -0.05) is 19.9 Å². The first kappa shape index (κ1) is 14.8. The van der Waals surface area contributed by atoms with E-state index in [9.17, 15) is 4.79 Å². The number of rotatable bonds is 5. The molecule has 2 unspecified atom stereocenters. The Balaban J connectivity index is 2.33. The van der Waals surface area contributed by atoms with Crippen molar-refractivity contribution >= 4 is 11.7 Å². The van der Waals surface area contributed by atoms with Gasteiger partial charge < -0.3 is 15.5 Å². The summed E-state index contributed by atoms with van der Waals surface area (Å²) in [5, 5.41) is 6.35. The van der Waals surface area contributed by atoms with Crippen LogP contribution in [0.25, 0.3) is 0 Å². The van der Waals surface area contributed by atoms with Crippen molar-refractivity contribution in [1.82, 2.24) is 15.6 Å². The molecule has 2 atom stereocenters. The van der Waals surface area contributed by atoms with Crippen LogP contribution >= 0.6 is 0 Å². The Labute approximate surface area is 120 Å². The number of carbonyl (C=O) groups is 1. The molecule has 0 aromatic carbocycles. The Hall–Kier alpha value is -1.62. The van der Waals surface area contributed by atoms with Crippen LogP contribution < -0.4 is 15.5 Å². The van der Waals surface area contributed by atoms with Gasteiger partial charge in [0.05, 0.1) is 0 Å². The highest BCUT2D eigenvalue weighted by Crippen LogP contribution is 2.27. The molecule has 1 aromatic heterocycles. The predicted octanol–water partition coefficient (Wildman–Crippen LogP) is 1.47.